The lowest BCUT2D eigenvalue weighted by molar-refractivity contribution is 0.745. The molecule has 0 spiro atoms. The molecular formula is C11H7BrN2OS3. The largest absolute Gasteiger partial charge is 0.331 e. The first-order valence-electron chi connectivity index (χ1n) is 5.08. The van der Waals surface area contributed by atoms with Crippen LogP contribution in [0.15, 0.2) is 32.2 Å². The van der Waals surface area contributed by atoms with Crippen molar-refractivity contribution in [3.8, 4) is 0 Å². The van der Waals surface area contributed by atoms with Gasteiger partial charge in [0, 0.05) is 14.7 Å². The molecule has 0 fully saturated rings. The van der Waals surface area contributed by atoms with E-state index in [1.54, 1.807) is 15.9 Å². The van der Waals surface area contributed by atoms with E-state index in [0.717, 1.165) is 19.6 Å². The second kappa shape index (κ2) is 4.73. The summed E-state index contributed by atoms with van der Waals surface area (Å²) in [6.45, 7) is 0.512. The summed E-state index contributed by atoms with van der Waals surface area (Å²) in [5, 5.41) is 3.89. The molecule has 92 valence electrons. The monoisotopic (exact) mass is 358 g/mol. The second-order valence-corrected chi connectivity index (χ2v) is 6.93. The number of halogens is 1. The van der Waals surface area contributed by atoms with Crippen LogP contribution in [0.1, 0.15) is 4.88 Å². The van der Waals surface area contributed by atoms with E-state index in [4.69, 9.17) is 12.2 Å². The molecule has 0 unspecified atom stereocenters. The van der Waals surface area contributed by atoms with Gasteiger partial charge in [0.15, 0.2) is 4.77 Å². The highest BCUT2D eigenvalue weighted by atomic mass is 79.9. The predicted octanol–water partition coefficient (Wildman–Crippen LogP) is 3.99. The predicted molar refractivity (Wildman–Crippen MR) is 82.4 cm³/mol. The van der Waals surface area contributed by atoms with Gasteiger partial charge in [-0.2, -0.15) is 0 Å². The molecule has 0 aliphatic heterocycles. The van der Waals surface area contributed by atoms with E-state index < -0.39 is 0 Å². The van der Waals surface area contributed by atoms with E-state index >= 15 is 0 Å². The molecule has 0 atom stereocenters. The molecule has 0 aliphatic carbocycles. The summed E-state index contributed by atoms with van der Waals surface area (Å²) in [6, 6.07) is 3.88. The van der Waals surface area contributed by atoms with Crippen LogP contribution >= 0.6 is 50.8 Å². The minimum Gasteiger partial charge on any atom is -0.331 e. The summed E-state index contributed by atoms with van der Waals surface area (Å²) in [4.78, 5) is 16.5. The number of H-pyrrole nitrogens is 1. The van der Waals surface area contributed by atoms with Crippen molar-refractivity contribution in [2.75, 3.05) is 0 Å². The van der Waals surface area contributed by atoms with E-state index in [0.29, 0.717) is 11.3 Å². The van der Waals surface area contributed by atoms with Gasteiger partial charge in [0.25, 0.3) is 5.56 Å². The Hall–Kier alpha value is -0.760. The molecule has 1 N–H and O–H groups in total. The van der Waals surface area contributed by atoms with Crippen LogP contribution in [0.5, 0.6) is 0 Å². The SMILES string of the molecule is O=c1c2sccc2[nH]c(=S)n1Cc1cc(Br)cs1. The highest BCUT2D eigenvalue weighted by molar-refractivity contribution is 9.10. The van der Waals surface area contributed by atoms with Crippen LogP contribution in [-0.4, -0.2) is 9.55 Å². The molecule has 3 heterocycles. The Balaban J connectivity index is 2.17. The third-order valence-electron chi connectivity index (χ3n) is 2.53. The number of hydrogen-bond acceptors (Lipinski definition) is 4. The van der Waals surface area contributed by atoms with Gasteiger partial charge in [0.1, 0.15) is 4.70 Å². The normalized spacial score (nSPS) is 11.2. The number of aromatic amines is 1. The second-order valence-electron chi connectivity index (χ2n) is 3.72. The van der Waals surface area contributed by atoms with Gasteiger partial charge in [0.05, 0.1) is 12.1 Å². The first kappa shape index (κ1) is 12.3. The number of aromatic nitrogens is 2. The van der Waals surface area contributed by atoms with Crippen molar-refractivity contribution < 1.29 is 0 Å². The molecule has 7 heteroatoms. The van der Waals surface area contributed by atoms with E-state index in [-0.39, 0.29) is 5.56 Å². The molecule has 0 aromatic carbocycles. The average Bonchev–Trinajstić information content (AvgIpc) is 2.93. The van der Waals surface area contributed by atoms with Gasteiger partial charge in [-0.25, -0.2) is 0 Å². The topological polar surface area (TPSA) is 37.8 Å². The van der Waals surface area contributed by atoms with Crippen molar-refractivity contribution in [2.45, 2.75) is 6.54 Å². The van der Waals surface area contributed by atoms with Crippen LogP contribution in [0.3, 0.4) is 0 Å². The van der Waals surface area contributed by atoms with Crippen molar-refractivity contribution in [1.82, 2.24) is 9.55 Å². The van der Waals surface area contributed by atoms with Gasteiger partial charge in [-0.1, -0.05) is 0 Å². The Morgan fingerprint density at radius 3 is 3.00 bits per heavy atom. The molecule has 0 amide bonds. The zero-order valence-corrected chi connectivity index (χ0v) is 13.0. The summed E-state index contributed by atoms with van der Waals surface area (Å²) < 4.78 is 3.82. The molecule has 0 saturated carbocycles. The first-order valence-corrected chi connectivity index (χ1v) is 8.04. The third-order valence-corrected chi connectivity index (χ3v) is 5.43. The highest BCUT2D eigenvalue weighted by Crippen LogP contribution is 2.21. The van der Waals surface area contributed by atoms with Crippen molar-refractivity contribution in [3.05, 3.63) is 47.4 Å². The quantitative estimate of drug-likeness (QED) is 0.703. The van der Waals surface area contributed by atoms with Gasteiger partial charge in [-0.05, 0) is 45.7 Å². The molecule has 3 rings (SSSR count). The Labute approximate surface area is 124 Å². The van der Waals surface area contributed by atoms with Crippen LogP contribution in [0, 0.1) is 4.77 Å². The minimum absolute atomic E-state index is 0.0201. The van der Waals surface area contributed by atoms with Crippen LogP contribution in [0.4, 0.5) is 0 Å². The molecule has 3 aromatic rings. The van der Waals surface area contributed by atoms with Gasteiger partial charge in [-0.3, -0.25) is 9.36 Å². The van der Waals surface area contributed by atoms with Crippen LogP contribution in [0.2, 0.25) is 0 Å². The third kappa shape index (κ3) is 2.11. The smallest absolute Gasteiger partial charge is 0.272 e. The fourth-order valence-electron chi connectivity index (χ4n) is 1.71. The van der Waals surface area contributed by atoms with Crippen molar-refractivity contribution in [1.29, 1.82) is 0 Å². The van der Waals surface area contributed by atoms with Crippen LogP contribution < -0.4 is 5.56 Å². The number of rotatable bonds is 2. The summed E-state index contributed by atoms with van der Waals surface area (Å²) in [7, 11) is 0. The fourth-order valence-corrected chi connectivity index (χ4v) is 4.20. The first-order chi connectivity index (χ1) is 8.65. The maximum Gasteiger partial charge on any atom is 0.272 e. The maximum absolute atomic E-state index is 12.3. The summed E-state index contributed by atoms with van der Waals surface area (Å²) in [5.41, 5.74) is 0.798. The minimum atomic E-state index is -0.0201. The van der Waals surface area contributed by atoms with Gasteiger partial charge < -0.3 is 4.98 Å². The van der Waals surface area contributed by atoms with Gasteiger partial charge in [0.2, 0.25) is 0 Å². The Bertz CT molecular complexity index is 827. The average molecular weight is 359 g/mol. The molecule has 0 bridgehead atoms. The Kier molecular flexibility index (Phi) is 3.23. The van der Waals surface area contributed by atoms with Crippen LogP contribution in [-0.2, 0) is 6.54 Å². The molecular weight excluding hydrogens is 352 g/mol. The Morgan fingerprint density at radius 1 is 1.44 bits per heavy atom. The van der Waals surface area contributed by atoms with Gasteiger partial charge >= 0.3 is 0 Å². The summed E-state index contributed by atoms with van der Waals surface area (Å²) >= 11 is 11.7. The zero-order valence-electron chi connectivity index (χ0n) is 8.97. The zero-order chi connectivity index (χ0) is 12.7. The number of nitrogens with zero attached hydrogens (tertiary/aromatic N) is 1. The van der Waals surface area contributed by atoms with E-state index in [1.165, 1.54) is 11.3 Å². The molecule has 0 radical (unpaired) electrons. The summed E-state index contributed by atoms with van der Waals surface area (Å²) in [5.74, 6) is 0. The number of fused-ring (bicyclic) bond motifs is 1. The maximum atomic E-state index is 12.3. The molecule has 3 aromatic heterocycles. The number of thiophene rings is 2. The fraction of sp³-hybridized carbons (Fsp3) is 0.0909. The lowest BCUT2D eigenvalue weighted by Gasteiger charge is -2.04. The molecule has 3 nitrogen and oxygen atoms in total. The van der Waals surface area contributed by atoms with Crippen molar-refractivity contribution in [3.63, 3.8) is 0 Å². The van der Waals surface area contributed by atoms with Crippen LogP contribution in [0.25, 0.3) is 10.2 Å². The van der Waals surface area contributed by atoms with E-state index in [1.807, 2.05) is 22.9 Å². The summed E-state index contributed by atoms with van der Waals surface area (Å²) in [6.07, 6.45) is 0. The standard InChI is InChI=1S/C11H7BrN2OS3/c12-6-3-7(18-5-6)4-14-10(15)9-8(1-2-17-9)13-11(14)16/h1-3,5H,4H2,(H,13,16). The van der Waals surface area contributed by atoms with Crippen molar-refractivity contribution in [2.24, 2.45) is 0 Å². The van der Waals surface area contributed by atoms with E-state index in [9.17, 15) is 4.79 Å². The van der Waals surface area contributed by atoms with Gasteiger partial charge in [-0.15, -0.1) is 22.7 Å². The number of nitrogens with one attached hydrogen (secondary N) is 1. The number of hydrogen-bond donors (Lipinski definition) is 1. The highest BCUT2D eigenvalue weighted by Gasteiger charge is 2.08. The lowest BCUT2D eigenvalue weighted by Crippen LogP contribution is -2.21. The molecule has 0 saturated heterocycles. The molecule has 18 heavy (non-hydrogen) atoms. The Morgan fingerprint density at radius 2 is 2.28 bits per heavy atom. The van der Waals surface area contributed by atoms with E-state index in [2.05, 4.69) is 20.9 Å². The lowest BCUT2D eigenvalue weighted by atomic mass is 10.4. The molecule has 0 aliphatic rings. The van der Waals surface area contributed by atoms with Crippen molar-refractivity contribution >= 4 is 61.0 Å².